The van der Waals surface area contributed by atoms with Crippen LogP contribution in [0, 0.1) is 6.57 Å². The van der Waals surface area contributed by atoms with Crippen molar-refractivity contribution >= 4 is 27.5 Å². The van der Waals surface area contributed by atoms with Crippen molar-refractivity contribution in [2.45, 2.75) is 0 Å². The van der Waals surface area contributed by atoms with Gasteiger partial charge in [-0.2, -0.15) is 0 Å². The van der Waals surface area contributed by atoms with Crippen LogP contribution >= 0.6 is 0 Å². The van der Waals surface area contributed by atoms with Crippen LogP contribution in [0.15, 0.2) is 66.7 Å². The molecule has 3 aromatic carbocycles. The average molecular weight is 282 g/mol. The number of rotatable bonds is 1. The second-order valence-electron chi connectivity index (χ2n) is 5.47. The van der Waals surface area contributed by atoms with Gasteiger partial charge in [-0.05, 0) is 40.8 Å². The smallest absolute Gasteiger partial charge is 0.188 e. The van der Waals surface area contributed by atoms with Crippen molar-refractivity contribution < 1.29 is 0 Å². The van der Waals surface area contributed by atoms with Crippen LogP contribution in [0.4, 0.5) is 5.69 Å². The van der Waals surface area contributed by atoms with E-state index in [1.807, 2.05) is 24.3 Å². The number of benzene rings is 3. The zero-order chi connectivity index (χ0) is 15.1. The lowest BCUT2D eigenvalue weighted by atomic mass is 10.0. The van der Waals surface area contributed by atoms with Gasteiger partial charge < -0.3 is 4.57 Å². The van der Waals surface area contributed by atoms with Gasteiger partial charge in [-0.3, -0.25) is 0 Å². The molecule has 0 amide bonds. The minimum absolute atomic E-state index is 0.685. The number of hydrogen-bond donors (Lipinski definition) is 0. The lowest BCUT2D eigenvalue weighted by molar-refractivity contribution is 1.01. The zero-order valence-electron chi connectivity index (χ0n) is 12.2. The summed E-state index contributed by atoms with van der Waals surface area (Å²) in [5.41, 5.74) is 5.45. The Labute approximate surface area is 129 Å². The van der Waals surface area contributed by atoms with Crippen LogP contribution in [0.5, 0.6) is 0 Å². The van der Waals surface area contributed by atoms with E-state index < -0.39 is 0 Å². The third-order valence-corrected chi connectivity index (χ3v) is 4.23. The molecule has 0 aliphatic heterocycles. The minimum atomic E-state index is 0.685. The van der Waals surface area contributed by atoms with Crippen molar-refractivity contribution in [1.82, 2.24) is 4.57 Å². The molecule has 4 aromatic rings. The van der Waals surface area contributed by atoms with Crippen molar-refractivity contribution in [3.63, 3.8) is 0 Å². The molecule has 0 saturated carbocycles. The zero-order valence-corrected chi connectivity index (χ0v) is 12.2. The Morgan fingerprint density at radius 3 is 2.18 bits per heavy atom. The molecule has 0 aliphatic carbocycles. The van der Waals surface area contributed by atoms with E-state index in [2.05, 4.69) is 58.9 Å². The average Bonchev–Trinajstić information content (AvgIpc) is 2.87. The highest BCUT2D eigenvalue weighted by Crippen LogP contribution is 2.33. The molecule has 0 fully saturated rings. The summed E-state index contributed by atoms with van der Waals surface area (Å²) in [7, 11) is 2.07. The topological polar surface area (TPSA) is 9.29 Å². The van der Waals surface area contributed by atoms with Crippen LogP contribution in [-0.4, -0.2) is 4.57 Å². The molecule has 1 aromatic heterocycles. The number of aryl methyl sites for hydroxylation is 1. The molecule has 2 nitrogen and oxygen atoms in total. The monoisotopic (exact) mass is 282 g/mol. The molecule has 0 bridgehead atoms. The SMILES string of the molecule is [C-]#[N+]c1ccc2c(c1)c1cc(-c3ccccc3)ccc1n2C. The number of aromatic nitrogens is 1. The largest absolute Gasteiger partial charge is 0.344 e. The number of fused-ring (bicyclic) bond motifs is 3. The van der Waals surface area contributed by atoms with Crippen LogP contribution < -0.4 is 0 Å². The quantitative estimate of drug-likeness (QED) is 0.405. The normalized spacial score (nSPS) is 10.9. The molecular formula is C20H14N2. The number of hydrogen-bond acceptors (Lipinski definition) is 0. The summed E-state index contributed by atoms with van der Waals surface area (Å²) >= 11 is 0. The first-order chi connectivity index (χ1) is 10.8. The van der Waals surface area contributed by atoms with Crippen LogP contribution in [0.2, 0.25) is 0 Å². The fourth-order valence-electron chi connectivity index (χ4n) is 3.09. The Hall–Kier alpha value is -3.05. The van der Waals surface area contributed by atoms with Crippen LogP contribution in [0.1, 0.15) is 0 Å². The van der Waals surface area contributed by atoms with Gasteiger partial charge in [0.05, 0.1) is 6.57 Å². The lowest BCUT2D eigenvalue weighted by Gasteiger charge is -2.02. The van der Waals surface area contributed by atoms with Gasteiger partial charge in [-0.15, -0.1) is 0 Å². The highest BCUT2D eigenvalue weighted by atomic mass is 14.9. The summed E-state index contributed by atoms with van der Waals surface area (Å²) < 4.78 is 2.19. The molecule has 104 valence electrons. The molecule has 4 rings (SSSR count). The molecule has 22 heavy (non-hydrogen) atoms. The Balaban J connectivity index is 2.07. The third kappa shape index (κ3) is 1.80. The molecule has 0 unspecified atom stereocenters. The van der Waals surface area contributed by atoms with E-state index in [9.17, 15) is 0 Å². The summed E-state index contributed by atoms with van der Waals surface area (Å²) in [5.74, 6) is 0. The molecular weight excluding hydrogens is 268 g/mol. The summed E-state index contributed by atoms with van der Waals surface area (Å²) in [6.45, 7) is 7.23. The van der Waals surface area contributed by atoms with Crippen molar-refractivity contribution in [1.29, 1.82) is 0 Å². The van der Waals surface area contributed by atoms with Crippen molar-refractivity contribution in [2.24, 2.45) is 7.05 Å². The molecule has 2 heteroatoms. The highest BCUT2D eigenvalue weighted by molar-refractivity contribution is 6.10. The van der Waals surface area contributed by atoms with Gasteiger partial charge in [-0.25, -0.2) is 4.85 Å². The minimum Gasteiger partial charge on any atom is -0.344 e. The van der Waals surface area contributed by atoms with Gasteiger partial charge in [0, 0.05) is 23.5 Å². The van der Waals surface area contributed by atoms with Crippen molar-refractivity contribution in [3.8, 4) is 11.1 Å². The van der Waals surface area contributed by atoms with Gasteiger partial charge >= 0.3 is 0 Å². The Morgan fingerprint density at radius 2 is 1.45 bits per heavy atom. The lowest BCUT2D eigenvalue weighted by Crippen LogP contribution is -1.86. The highest BCUT2D eigenvalue weighted by Gasteiger charge is 2.10. The molecule has 0 spiro atoms. The maximum Gasteiger partial charge on any atom is 0.188 e. The molecule has 0 N–H and O–H groups in total. The maximum absolute atomic E-state index is 7.23. The van der Waals surface area contributed by atoms with Crippen molar-refractivity contribution in [2.75, 3.05) is 0 Å². The van der Waals surface area contributed by atoms with Gasteiger partial charge in [0.1, 0.15) is 0 Å². The fourth-order valence-corrected chi connectivity index (χ4v) is 3.09. The standard InChI is InChI=1S/C20H14N2/c1-21-16-9-11-20-18(13-16)17-12-15(8-10-19(17)22(20)2)14-6-4-3-5-7-14/h3-13H,2H3. The predicted molar refractivity (Wildman–Crippen MR) is 92.1 cm³/mol. The molecule has 0 atom stereocenters. The van der Waals surface area contributed by atoms with Gasteiger partial charge in [-0.1, -0.05) is 42.5 Å². The Bertz CT molecular complexity index is 1030. The molecule has 0 aliphatic rings. The van der Waals surface area contributed by atoms with Crippen molar-refractivity contribution in [3.05, 3.63) is 78.1 Å². The second kappa shape index (κ2) is 4.75. The summed E-state index contributed by atoms with van der Waals surface area (Å²) in [6, 6.07) is 22.8. The summed E-state index contributed by atoms with van der Waals surface area (Å²) in [6.07, 6.45) is 0. The predicted octanol–water partition coefficient (Wildman–Crippen LogP) is 5.55. The van der Waals surface area contributed by atoms with E-state index in [1.165, 1.54) is 22.0 Å². The van der Waals surface area contributed by atoms with Crippen LogP contribution in [0.3, 0.4) is 0 Å². The summed E-state index contributed by atoms with van der Waals surface area (Å²) in [4.78, 5) is 3.56. The van der Waals surface area contributed by atoms with Crippen LogP contribution in [-0.2, 0) is 7.05 Å². The van der Waals surface area contributed by atoms with Crippen LogP contribution in [0.25, 0.3) is 37.8 Å². The van der Waals surface area contributed by atoms with E-state index in [1.54, 1.807) is 0 Å². The second-order valence-corrected chi connectivity index (χ2v) is 5.47. The van der Waals surface area contributed by atoms with Gasteiger partial charge in [0.25, 0.3) is 0 Å². The van der Waals surface area contributed by atoms with E-state index in [0.717, 1.165) is 10.9 Å². The first-order valence-electron chi connectivity index (χ1n) is 7.23. The molecule has 0 saturated heterocycles. The van der Waals surface area contributed by atoms with Gasteiger partial charge in [0.2, 0.25) is 0 Å². The van der Waals surface area contributed by atoms with E-state index in [4.69, 9.17) is 6.57 Å². The Kier molecular flexibility index (Phi) is 2.74. The van der Waals surface area contributed by atoms with E-state index in [-0.39, 0.29) is 0 Å². The van der Waals surface area contributed by atoms with E-state index >= 15 is 0 Å². The Morgan fingerprint density at radius 1 is 0.773 bits per heavy atom. The third-order valence-electron chi connectivity index (χ3n) is 4.23. The molecule has 1 heterocycles. The first kappa shape index (κ1) is 12.7. The molecule has 0 radical (unpaired) electrons. The number of nitrogens with zero attached hydrogens (tertiary/aromatic N) is 2. The summed E-state index contributed by atoms with van der Waals surface area (Å²) in [5, 5.41) is 2.34. The maximum atomic E-state index is 7.23. The fraction of sp³-hybridized carbons (Fsp3) is 0.0500. The van der Waals surface area contributed by atoms with Gasteiger partial charge in [0.15, 0.2) is 5.69 Å². The van der Waals surface area contributed by atoms with E-state index in [0.29, 0.717) is 5.69 Å². The first-order valence-corrected chi connectivity index (χ1v) is 7.23.